The van der Waals surface area contributed by atoms with Gasteiger partial charge in [-0.05, 0) is 12.1 Å². The first-order valence-corrected chi connectivity index (χ1v) is 8.18. The van der Waals surface area contributed by atoms with Crippen LogP contribution in [-0.2, 0) is 20.0 Å². The summed E-state index contributed by atoms with van der Waals surface area (Å²) in [5, 5.41) is 4.80. The minimum atomic E-state index is -4.76. The van der Waals surface area contributed by atoms with Crippen molar-refractivity contribution in [3.63, 3.8) is 0 Å². The summed E-state index contributed by atoms with van der Waals surface area (Å²) in [7, 11) is -9.20. The fourth-order valence-corrected chi connectivity index (χ4v) is 3.68. The molecule has 0 atom stereocenters. The van der Waals surface area contributed by atoms with E-state index in [0.29, 0.717) is 0 Å². The zero-order chi connectivity index (χ0) is 16.5. The van der Waals surface area contributed by atoms with Crippen molar-refractivity contribution in [2.75, 3.05) is 6.54 Å². The van der Waals surface area contributed by atoms with Crippen LogP contribution in [0.4, 0.5) is 17.6 Å². The summed E-state index contributed by atoms with van der Waals surface area (Å²) in [6.07, 6.45) is -4.08. The van der Waals surface area contributed by atoms with E-state index in [2.05, 4.69) is 0 Å². The quantitative estimate of drug-likeness (QED) is 0.729. The first kappa shape index (κ1) is 17.8. The second-order valence-electron chi connectivity index (χ2n) is 3.88. The lowest BCUT2D eigenvalue weighted by Gasteiger charge is -2.16. The van der Waals surface area contributed by atoms with Gasteiger partial charge in [-0.25, -0.2) is 35.5 Å². The molecule has 6 nitrogen and oxygen atoms in total. The van der Waals surface area contributed by atoms with Crippen molar-refractivity contribution in [1.29, 1.82) is 0 Å². The van der Waals surface area contributed by atoms with Crippen LogP contribution < -0.4 is 9.86 Å². The third kappa shape index (κ3) is 4.36. The van der Waals surface area contributed by atoms with Crippen LogP contribution in [0, 0.1) is 0 Å². The standard InChI is InChI=1S/C9H10F4N2O4S2/c10-8(11)9(12,13)5-15-21(18,19)7-4-2-1-3-6(7)20(14,16)17/h1-4,8,15H,5H2,(H2,14,16,17). The van der Waals surface area contributed by atoms with Gasteiger partial charge in [-0.1, -0.05) is 12.1 Å². The van der Waals surface area contributed by atoms with E-state index in [0.717, 1.165) is 24.3 Å². The number of halogens is 4. The SMILES string of the molecule is NS(=O)(=O)c1ccccc1S(=O)(=O)NCC(F)(F)C(F)F. The molecule has 0 aliphatic rings. The zero-order valence-corrected chi connectivity index (χ0v) is 11.8. The van der Waals surface area contributed by atoms with Crippen LogP contribution in [0.5, 0.6) is 0 Å². The summed E-state index contributed by atoms with van der Waals surface area (Å²) in [5.41, 5.74) is 0. The third-order valence-corrected chi connectivity index (χ3v) is 4.82. The van der Waals surface area contributed by atoms with Crippen molar-refractivity contribution in [1.82, 2.24) is 4.72 Å². The Morgan fingerprint density at radius 2 is 1.57 bits per heavy atom. The highest BCUT2D eigenvalue weighted by atomic mass is 32.2. The summed E-state index contributed by atoms with van der Waals surface area (Å²) < 4.78 is 96.5. The molecule has 0 radical (unpaired) electrons. The van der Waals surface area contributed by atoms with Crippen molar-refractivity contribution < 1.29 is 34.4 Å². The minimum absolute atomic E-state index is 0.794. The third-order valence-electron chi connectivity index (χ3n) is 2.26. The van der Waals surface area contributed by atoms with Gasteiger partial charge in [-0.15, -0.1) is 0 Å². The highest BCUT2D eigenvalue weighted by Gasteiger charge is 2.42. The Morgan fingerprint density at radius 1 is 1.10 bits per heavy atom. The molecule has 12 heteroatoms. The Kier molecular flexibility index (Phi) is 4.98. The molecule has 0 saturated carbocycles. The maximum atomic E-state index is 12.7. The Labute approximate surface area is 118 Å². The Balaban J connectivity index is 3.17. The van der Waals surface area contributed by atoms with Crippen LogP contribution in [-0.4, -0.2) is 35.7 Å². The van der Waals surface area contributed by atoms with Gasteiger partial charge < -0.3 is 0 Å². The van der Waals surface area contributed by atoms with Crippen LogP contribution >= 0.6 is 0 Å². The summed E-state index contributed by atoms with van der Waals surface area (Å²) in [5.74, 6) is -4.59. The molecular weight excluding hydrogens is 340 g/mol. The molecule has 3 N–H and O–H groups in total. The van der Waals surface area contributed by atoms with Gasteiger partial charge in [0.2, 0.25) is 20.0 Å². The fourth-order valence-electron chi connectivity index (χ4n) is 1.25. The average Bonchev–Trinajstić information content (AvgIpc) is 2.35. The molecule has 1 aromatic carbocycles. The summed E-state index contributed by atoms with van der Waals surface area (Å²) in [6.45, 7) is -1.88. The smallest absolute Gasteiger partial charge is 0.225 e. The molecule has 120 valence electrons. The lowest BCUT2D eigenvalue weighted by Crippen LogP contribution is -2.41. The number of rotatable bonds is 6. The van der Waals surface area contributed by atoms with Crippen LogP contribution in [0.1, 0.15) is 0 Å². The molecule has 1 aromatic rings. The van der Waals surface area contributed by atoms with Crippen molar-refractivity contribution in [2.24, 2.45) is 5.14 Å². The van der Waals surface area contributed by atoms with Gasteiger partial charge in [0.15, 0.2) is 0 Å². The van der Waals surface area contributed by atoms with Gasteiger partial charge in [0, 0.05) is 0 Å². The second kappa shape index (κ2) is 5.87. The Hall–Kier alpha value is -1.24. The van der Waals surface area contributed by atoms with Crippen molar-refractivity contribution in [2.45, 2.75) is 22.1 Å². The van der Waals surface area contributed by atoms with Crippen LogP contribution in [0.25, 0.3) is 0 Å². The van der Waals surface area contributed by atoms with Gasteiger partial charge in [0.25, 0.3) is 0 Å². The molecule has 0 fully saturated rings. The largest absolute Gasteiger partial charge is 0.320 e. The van der Waals surface area contributed by atoms with E-state index in [1.54, 1.807) is 0 Å². The molecule has 0 bridgehead atoms. The van der Waals surface area contributed by atoms with Gasteiger partial charge in [-0.3, -0.25) is 0 Å². The molecule has 0 aromatic heterocycles. The number of hydrogen-bond acceptors (Lipinski definition) is 4. The van der Waals surface area contributed by atoms with Crippen molar-refractivity contribution in [3.05, 3.63) is 24.3 Å². The maximum Gasteiger partial charge on any atom is 0.320 e. The van der Waals surface area contributed by atoms with E-state index < -0.39 is 48.7 Å². The van der Waals surface area contributed by atoms with Crippen molar-refractivity contribution >= 4 is 20.0 Å². The van der Waals surface area contributed by atoms with Gasteiger partial charge in [0.05, 0.1) is 6.54 Å². The van der Waals surface area contributed by atoms with Crippen LogP contribution in [0.2, 0.25) is 0 Å². The van der Waals surface area contributed by atoms with Gasteiger partial charge in [-0.2, -0.15) is 8.78 Å². The second-order valence-corrected chi connectivity index (χ2v) is 7.14. The number of hydrogen-bond donors (Lipinski definition) is 2. The van der Waals surface area contributed by atoms with E-state index in [1.807, 2.05) is 0 Å². The summed E-state index contributed by atoms with van der Waals surface area (Å²) in [4.78, 5) is -1.74. The molecule has 0 unspecified atom stereocenters. The first-order valence-electron chi connectivity index (χ1n) is 5.15. The van der Waals surface area contributed by atoms with Gasteiger partial charge >= 0.3 is 12.3 Å². The van der Waals surface area contributed by atoms with E-state index in [1.165, 1.54) is 4.72 Å². The van der Waals surface area contributed by atoms with Crippen LogP contribution in [0.3, 0.4) is 0 Å². The number of nitrogens with one attached hydrogen (secondary N) is 1. The highest BCUT2D eigenvalue weighted by molar-refractivity contribution is 7.92. The predicted octanol–water partition coefficient (Wildman–Crippen LogP) is 0.513. The number of benzene rings is 1. The number of primary sulfonamides is 1. The topological polar surface area (TPSA) is 106 Å². The summed E-state index contributed by atoms with van der Waals surface area (Å²) in [6, 6.07) is 3.92. The molecule has 0 amide bonds. The first-order chi connectivity index (χ1) is 9.38. The summed E-state index contributed by atoms with van der Waals surface area (Å²) >= 11 is 0. The number of nitrogens with two attached hydrogens (primary N) is 1. The van der Waals surface area contributed by atoms with Crippen molar-refractivity contribution in [3.8, 4) is 0 Å². The lowest BCUT2D eigenvalue weighted by atomic mass is 10.4. The minimum Gasteiger partial charge on any atom is -0.225 e. The fraction of sp³-hybridized carbons (Fsp3) is 0.333. The zero-order valence-electron chi connectivity index (χ0n) is 10.1. The molecule has 21 heavy (non-hydrogen) atoms. The molecule has 0 spiro atoms. The van der Waals surface area contributed by atoms with E-state index in [9.17, 15) is 34.4 Å². The molecule has 0 saturated heterocycles. The maximum absolute atomic E-state index is 12.7. The predicted molar refractivity (Wildman–Crippen MR) is 64.0 cm³/mol. The van der Waals surface area contributed by atoms with Crippen LogP contribution in [0.15, 0.2) is 34.1 Å². The molecule has 0 aliphatic heterocycles. The molecule has 1 rings (SSSR count). The lowest BCUT2D eigenvalue weighted by molar-refractivity contribution is -0.122. The van der Waals surface area contributed by atoms with Gasteiger partial charge in [0.1, 0.15) is 9.79 Å². The molecular formula is C9H10F4N2O4S2. The normalized spacial score (nSPS) is 13.6. The number of sulfonamides is 2. The average molecular weight is 350 g/mol. The van der Waals surface area contributed by atoms with E-state index >= 15 is 0 Å². The van der Waals surface area contributed by atoms with E-state index in [-0.39, 0.29) is 0 Å². The molecule has 0 aliphatic carbocycles. The monoisotopic (exact) mass is 350 g/mol. The Bertz CT molecular complexity index is 719. The highest BCUT2D eigenvalue weighted by Crippen LogP contribution is 2.24. The Morgan fingerprint density at radius 3 is 2.00 bits per heavy atom. The number of alkyl halides is 4. The molecule has 0 heterocycles. The van der Waals surface area contributed by atoms with E-state index in [4.69, 9.17) is 5.14 Å².